The van der Waals surface area contributed by atoms with Gasteiger partial charge in [-0.05, 0) is 65.3 Å². The molecule has 1 unspecified atom stereocenters. The van der Waals surface area contributed by atoms with Crippen LogP contribution in [0.15, 0.2) is 41.1 Å². The largest absolute Gasteiger partial charge is 0.497 e. The predicted molar refractivity (Wildman–Crippen MR) is 79.9 cm³/mol. The maximum Gasteiger partial charge on any atom is 0.119 e. The van der Waals surface area contributed by atoms with Crippen LogP contribution in [0.5, 0.6) is 5.75 Å². The summed E-state index contributed by atoms with van der Waals surface area (Å²) in [6.45, 7) is 0.237. The van der Waals surface area contributed by atoms with Crippen LogP contribution in [0, 0.1) is 5.92 Å². The molecular weight excluding hydrogens is 256 g/mol. The van der Waals surface area contributed by atoms with E-state index in [0.717, 1.165) is 25.0 Å². The van der Waals surface area contributed by atoms with Crippen molar-refractivity contribution in [1.29, 1.82) is 0 Å². The molecule has 0 radical (unpaired) electrons. The molecule has 1 aromatic heterocycles. The third-order valence-electron chi connectivity index (χ3n) is 3.34. The van der Waals surface area contributed by atoms with Crippen LogP contribution in [0.4, 0.5) is 0 Å². The summed E-state index contributed by atoms with van der Waals surface area (Å²) in [4.78, 5) is 0. The fourth-order valence-corrected chi connectivity index (χ4v) is 2.90. The summed E-state index contributed by atoms with van der Waals surface area (Å²) in [6, 6.07) is 10.2. The first-order chi connectivity index (χ1) is 9.31. The minimum absolute atomic E-state index is 0.237. The highest BCUT2D eigenvalue weighted by atomic mass is 32.1. The van der Waals surface area contributed by atoms with Crippen LogP contribution in [0.1, 0.15) is 17.5 Å². The Labute approximate surface area is 118 Å². The monoisotopic (exact) mass is 276 g/mol. The van der Waals surface area contributed by atoms with Gasteiger partial charge in [0.25, 0.3) is 0 Å². The Balaban J connectivity index is 1.90. The number of methoxy groups -OCH3 is 1. The Morgan fingerprint density at radius 3 is 2.84 bits per heavy atom. The molecule has 102 valence electrons. The number of aliphatic hydroxyl groups excluding tert-OH is 1. The number of thiophene rings is 1. The van der Waals surface area contributed by atoms with E-state index >= 15 is 0 Å². The molecule has 1 aromatic carbocycles. The Morgan fingerprint density at radius 2 is 2.16 bits per heavy atom. The molecule has 0 aliphatic heterocycles. The standard InChI is InChI=1S/C16H20O2S/c1-18-16-4-2-3-14(10-16)9-15(11-17)6-5-13-7-8-19-12-13/h2-4,7-8,10,12,15,17H,5-6,9,11H2,1H3. The van der Waals surface area contributed by atoms with E-state index in [1.807, 2.05) is 18.2 Å². The Bertz CT molecular complexity index is 479. The van der Waals surface area contributed by atoms with Gasteiger partial charge >= 0.3 is 0 Å². The highest BCUT2D eigenvalue weighted by Crippen LogP contribution is 2.19. The SMILES string of the molecule is COc1cccc(CC(CO)CCc2ccsc2)c1. The maximum absolute atomic E-state index is 9.51. The minimum Gasteiger partial charge on any atom is -0.497 e. The van der Waals surface area contributed by atoms with Crippen LogP contribution in [0.2, 0.25) is 0 Å². The summed E-state index contributed by atoms with van der Waals surface area (Å²) in [5.74, 6) is 1.19. The van der Waals surface area contributed by atoms with Gasteiger partial charge in [0.1, 0.15) is 5.75 Å². The summed E-state index contributed by atoms with van der Waals surface area (Å²) in [7, 11) is 1.68. The molecule has 0 spiro atoms. The first-order valence-electron chi connectivity index (χ1n) is 6.56. The third kappa shape index (κ3) is 4.37. The molecule has 0 amide bonds. The number of ether oxygens (including phenoxy) is 1. The number of hydrogen-bond donors (Lipinski definition) is 1. The molecule has 0 aliphatic carbocycles. The summed E-state index contributed by atoms with van der Waals surface area (Å²) >= 11 is 1.73. The zero-order valence-corrected chi connectivity index (χ0v) is 12.0. The van der Waals surface area contributed by atoms with Gasteiger partial charge in [0.2, 0.25) is 0 Å². The van der Waals surface area contributed by atoms with E-state index in [2.05, 4.69) is 22.9 Å². The zero-order valence-electron chi connectivity index (χ0n) is 11.2. The summed E-state index contributed by atoms with van der Waals surface area (Å²) in [6.07, 6.45) is 2.96. The molecule has 0 fully saturated rings. The van der Waals surface area contributed by atoms with E-state index in [-0.39, 0.29) is 6.61 Å². The lowest BCUT2D eigenvalue weighted by atomic mass is 9.94. The molecule has 19 heavy (non-hydrogen) atoms. The number of aryl methyl sites for hydroxylation is 1. The average molecular weight is 276 g/mol. The van der Waals surface area contributed by atoms with Gasteiger partial charge in [0.15, 0.2) is 0 Å². The lowest BCUT2D eigenvalue weighted by Crippen LogP contribution is -2.10. The summed E-state index contributed by atoms with van der Waals surface area (Å²) in [5.41, 5.74) is 2.60. The van der Waals surface area contributed by atoms with Crippen molar-refractivity contribution in [1.82, 2.24) is 0 Å². The van der Waals surface area contributed by atoms with Gasteiger partial charge in [-0.1, -0.05) is 12.1 Å². The fourth-order valence-electron chi connectivity index (χ4n) is 2.20. The molecule has 0 aliphatic rings. The van der Waals surface area contributed by atoms with E-state index in [1.165, 1.54) is 11.1 Å². The van der Waals surface area contributed by atoms with Crippen LogP contribution in [0.3, 0.4) is 0 Å². The van der Waals surface area contributed by atoms with Gasteiger partial charge in [0, 0.05) is 6.61 Å². The Morgan fingerprint density at radius 1 is 1.26 bits per heavy atom. The van der Waals surface area contributed by atoms with Crippen molar-refractivity contribution >= 4 is 11.3 Å². The van der Waals surface area contributed by atoms with E-state index < -0.39 is 0 Å². The molecule has 0 bridgehead atoms. The molecule has 1 heterocycles. The molecule has 1 N–H and O–H groups in total. The van der Waals surface area contributed by atoms with Crippen LogP contribution in [-0.2, 0) is 12.8 Å². The van der Waals surface area contributed by atoms with E-state index in [4.69, 9.17) is 4.74 Å². The van der Waals surface area contributed by atoms with Gasteiger partial charge in [0.05, 0.1) is 7.11 Å². The van der Waals surface area contributed by atoms with E-state index in [9.17, 15) is 5.11 Å². The normalized spacial score (nSPS) is 12.3. The first kappa shape index (κ1) is 14.1. The molecule has 2 nitrogen and oxygen atoms in total. The molecule has 2 rings (SSSR count). The van der Waals surface area contributed by atoms with Crippen molar-refractivity contribution in [2.45, 2.75) is 19.3 Å². The topological polar surface area (TPSA) is 29.5 Å². The fraction of sp³-hybridized carbons (Fsp3) is 0.375. The van der Waals surface area contributed by atoms with Gasteiger partial charge in [-0.2, -0.15) is 11.3 Å². The maximum atomic E-state index is 9.51. The molecular formula is C16H20O2S. The highest BCUT2D eigenvalue weighted by Gasteiger charge is 2.09. The molecule has 1 atom stereocenters. The number of rotatable bonds is 7. The summed E-state index contributed by atoms with van der Waals surface area (Å²) < 4.78 is 5.23. The van der Waals surface area contributed by atoms with Gasteiger partial charge in [-0.3, -0.25) is 0 Å². The third-order valence-corrected chi connectivity index (χ3v) is 4.07. The van der Waals surface area contributed by atoms with Crippen molar-refractivity contribution in [2.24, 2.45) is 5.92 Å². The van der Waals surface area contributed by atoms with E-state index in [1.54, 1.807) is 18.4 Å². The van der Waals surface area contributed by atoms with Crippen molar-refractivity contribution in [3.8, 4) is 5.75 Å². The summed E-state index contributed by atoms with van der Waals surface area (Å²) in [5, 5.41) is 13.8. The average Bonchev–Trinajstić information content (AvgIpc) is 2.97. The lowest BCUT2D eigenvalue weighted by Gasteiger charge is -2.14. The van der Waals surface area contributed by atoms with E-state index in [0.29, 0.717) is 5.92 Å². The number of aliphatic hydroxyl groups is 1. The van der Waals surface area contributed by atoms with Gasteiger partial charge in [-0.15, -0.1) is 0 Å². The number of hydrogen-bond acceptors (Lipinski definition) is 3. The molecule has 3 heteroatoms. The van der Waals surface area contributed by atoms with Crippen LogP contribution in [0.25, 0.3) is 0 Å². The Hall–Kier alpha value is -1.32. The van der Waals surface area contributed by atoms with Crippen molar-refractivity contribution < 1.29 is 9.84 Å². The van der Waals surface area contributed by atoms with Crippen LogP contribution in [-0.4, -0.2) is 18.8 Å². The highest BCUT2D eigenvalue weighted by molar-refractivity contribution is 7.07. The van der Waals surface area contributed by atoms with Gasteiger partial charge < -0.3 is 9.84 Å². The van der Waals surface area contributed by atoms with Crippen molar-refractivity contribution in [3.05, 3.63) is 52.2 Å². The second-order valence-electron chi connectivity index (χ2n) is 4.77. The Kier molecular flexibility index (Phi) is 5.43. The molecule has 0 saturated heterocycles. The first-order valence-corrected chi connectivity index (χ1v) is 7.51. The number of benzene rings is 1. The minimum atomic E-state index is 0.237. The molecule has 2 aromatic rings. The van der Waals surface area contributed by atoms with Crippen molar-refractivity contribution in [2.75, 3.05) is 13.7 Å². The van der Waals surface area contributed by atoms with Gasteiger partial charge in [-0.25, -0.2) is 0 Å². The lowest BCUT2D eigenvalue weighted by molar-refractivity contribution is 0.218. The zero-order chi connectivity index (χ0) is 13.5. The quantitative estimate of drug-likeness (QED) is 0.838. The second-order valence-corrected chi connectivity index (χ2v) is 5.55. The van der Waals surface area contributed by atoms with Crippen LogP contribution < -0.4 is 4.74 Å². The van der Waals surface area contributed by atoms with Crippen LogP contribution >= 0.6 is 11.3 Å². The molecule has 0 saturated carbocycles. The predicted octanol–water partition coefficient (Wildman–Crippen LogP) is 3.54. The van der Waals surface area contributed by atoms with Crippen molar-refractivity contribution in [3.63, 3.8) is 0 Å². The second kappa shape index (κ2) is 7.31. The smallest absolute Gasteiger partial charge is 0.119 e.